The lowest BCUT2D eigenvalue weighted by Gasteiger charge is -2.32. The molecule has 0 amide bonds. The highest BCUT2D eigenvalue weighted by Gasteiger charge is 2.37. The molecule has 14 aromatic rings. The number of hydrogen-bond acceptors (Lipinski definition) is 14. The third-order valence-electron chi connectivity index (χ3n) is 22.9. The fourth-order valence-corrected chi connectivity index (χ4v) is 16.6. The van der Waals surface area contributed by atoms with Gasteiger partial charge in [0.2, 0.25) is 0 Å². The third-order valence-corrected chi connectivity index (χ3v) is 22.9. The Bertz CT molecular complexity index is 5630. The van der Waals surface area contributed by atoms with Gasteiger partial charge >= 0.3 is 0 Å². The summed E-state index contributed by atoms with van der Waals surface area (Å²) in [5.41, 5.74) is 18.2. The van der Waals surface area contributed by atoms with Gasteiger partial charge in [-0.1, -0.05) is 281 Å². The third kappa shape index (κ3) is 21.7. The van der Waals surface area contributed by atoms with Crippen LogP contribution in [0.4, 0.5) is 34.1 Å². The molecule has 15 rings (SSSR count). The van der Waals surface area contributed by atoms with Crippen LogP contribution in [-0.2, 0) is 0 Å². The molecular formula is C120H126N2O12. The molecule has 14 nitrogen and oxygen atoms in total. The van der Waals surface area contributed by atoms with Crippen molar-refractivity contribution < 1.29 is 58.3 Å². The number of ether oxygens (including phenoxy) is 8. The molecule has 134 heavy (non-hydrogen) atoms. The quantitative estimate of drug-likeness (QED) is 0.0287. The second-order valence-electron chi connectivity index (χ2n) is 38.1. The monoisotopic (exact) mass is 1790 g/mol. The smallest absolute Gasteiger partial charge is 0.139 e. The average Bonchev–Trinajstić information content (AvgIpc) is 0.724. The molecule has 1 aliphatic rings. The zero-order valence-corrected chi connectivity index (χ0v) is 80.1. The van der Waals surface area contributed by atoms with Gasteiger partial charge in [0.15, 0.2) is 0 Å². The van der Waals surface area contributed by atoms with E-state index in [4.69, 9.17) is 37.9 Å². The van der Waals surface area contributed by atoms with E-state index in [2.05, 4.69) is 242 Å². The Morgan fingerprint density at radius 2 is 0.388 bits per heavy atom. The molecule has 4 N–H and O–H groups in total. The van der Waals surface area contributed by atoms with E-state index in [1.165, 1.54) is 0 Å². The number of phenolic OH excluding ortho intramolecular Hbond substituents is 2. The summed E-state index contributed by atoms with van der Waals surface area (Å²) in [5.74, 6) is 6.36. The average molecular weight is 1790 g/mol. The lowest BCUT2D eigenvalue weighted by Crippen LogP contribution is -2.15. The molecule has 0 saturated heterocycles. The predicted molar refractivity (Wildman–Crippen MR) is 551 cm³/mol. The number of allylic oxidation sites excluding steroid dienone is 2. The van der Waals surface area contributed by atoms with E-state index in [-0.39, 0.29) is 92.6 Å². The first-order valence-corrected chi connectivity index (χ1v) is 47.2. The maximum absolute atomic E-state index is 13.1. The van der Waals surface area contributed by atoms with Crippen molar-refractivity contribution in [2.45, 2.75) is 111 Å². The Morgan fingerprint density at radius 3 is 0.567 bits per heavy atom. The number of anilines is 6. The van der Waals surface area contributed by atoms with E-state index < -0.39 is 0 Å². The van der Waals surface area contributed by atoms with E-state index in [0.717, 1.165) is 112 Å². The fraction of sp³-hybridized carbons (Fsp3) is 0.267. The van der Waals surface area contributed by atoms with Gasteiger partial charge in [-0.05, 0) is 213 Å². The molecule has 0 fully saturated rings. The van der Waals surface area contributed by atoms with Gasteiger partial charge in [-0.25, -0.2) is 0 Å². The minimum absolute atomic E-state index is 0.00453. The van der Waals surface area contributed by atoms with Crippen molar-refractivity contribution in [3.63, 3.8) is 0 Å². The van der Waals surface area contributed by atoms with Gasteiger partial charge in [0.1, 0.15) is 69.0 Å². The fourth-order valence-electron chi connectivity index (χ4n) is 16.6. The molecular weight excluding hydrogens is 1660 g/mol. The molecule has 0 atom stereocenters. The number of benzene rings is 14. The van der Waals surface area contributed by atoms with Crippen molar-refractivity contribution in [2.24, 2.45) is 47.3 Å². The first kappa shape index (κ1) is 94.4. The van der Waals surface area contributed by atoms with Crippen molar-refractivity contribution >= 4 is 45.3 Å². The zero-order valence-electron chi connectivity index (χ0n) is 80.1. The van der Waals surface area contributed by atoms with Crippen LogP contribution in [0.1, 0.15) is 122 Å². The van der Waals surface area contributed by atoms with Gasteiger partial charge in [-0.3, -0.25) is 0 Å². The van der Waals surface area contributed by atoms with Crippen molar-refractivity contribution in [3.05, 3.63) is 326 Å². The number of aliphatic hydroxyl groups excluding tert-OH is 2. The Kier molecular flexibility index (Phi) is 30.3. The van der Waals surface area contributed by atoms with Gasteiger partial charge in [-0.15, -0.1) is 0 Å². The summed E-state index contributed by atoms with van der Waals surface area (Å²) in [6, 6.07) is 101. The van der Waals surface area contributed by atoms with Crippen molar-refractivity contribution in [1.29, 1.82) is 0 Å². The molecule has 0 bridgehead atoms. The van der Waals surface area contributed by atoms with Crippen LogP contribution >= 0.6 is 0 Å². The normalized spacial score (nSPS) is 12.1. The maximum atomic E-state index is 13.1. The van der Waals surface area contributed by atoms with Crippen LogP contribution in [0.25, 0.3) is 100 Å². The molecule has 0 saturated carbocycles. The van der Waals surface area contributed by atoms with Gasteiger partial charge in [0.05, 0.1) is 109 Å². The molecule has 0 radical (unpaired) electrons. The minimum Gasteiger partial charge on any atom is -0.507 e. The Hall–Kier alpha value is -14.2. The Balaban J connectivity index is 0.901. The van der Waals surface area contributed by atoms with Crippen LogP contribution in [0.5, 0.6) is 57.5 Å². The van der Waals surface area contributed by atoms with E-state index >= 15 is 0 Å². The summed E-state index contributed by atoms with van der Waals surface area (Å²) in [5, 5.41) is 52.0. The molecule has 0 heterocycles. The van der Waals surface area contributed by atoms with E-state index in [1.807, 2.05) is 158 Å². The second kappa shape index (κ2) is 43.0. The highest BCUT2D eigenvalue weighted by atomic mass is 16.5. The molecule has 0 spiro atoms. The zero-order chi connectivity index (χ0) is 94.4. The minimum atomic E-state index is -0.331. The molecule has 0 unspecified atom stereocenters. The van der Waals surface area contributed by atoms with E-state index in [0.29, 0.717) is 110 Å². The largest absolute Gasteiger partial charge is 0.507 e. The molecule has 14 heteroatoms. The summed E-state index contributed by atoms with van der Waals surface area (Å²) >= 11 is 0. The Labute approximate surface area is 792 Å². The number of aliphatic hydroxyl groups is 2. The summed E-state index contributed by atoms with van der Waals surface area (Å²) in [6.07, 6.45) is 0. The lowest BCUT2D eigenvalue weighted by molar-refractivity contribution is 0.260. The summed E-state index contributed by atoms with van der Waals surface area (Å²) < 4.78 is 53.6. The number of phenols is 2. The molecule has 688 valence electrons. The summed E-state index contributed by atoms with van der Waals surface area (Å²) in [6.45, 7) is 38.1. The molecule has 14 aromatic carbocycles. The SMILES string of the molecule is CC(C)COc1cccc(OCC(C)C)c1-c1ccc(N(c2ccc(C3=C(O)C(c4ccc(N(c5ccc(-c6c(OCC(C)C)cccc6OCC(C)C)cc5-c5ccccc5)c5ccc(-c6c(OCC(C)C)cccc6OCC(C)C)cc5-c5ccccc5)cc4O)=C3O)c(O)c2)c2ccc(-c3c(OCC(C)C)cccc3OCC(C)C)cc2-c2ccccc2)c(-c2ccccc2)c1. The van der Waals surface area contributed by atoms with Crippen LogP contribution < -0.4 is 47.7 Å². The second-order valence-corrected chi connectivity index (χ2v) is 38.1. The highest BCUT2D eigenvalue weighted by molar-refractivity contribution is 6.09. The first-order valence-electron chi connectivity index (χ1n) is 47.2. The molecule has 0 aliphatic heterocycles. The predicted octanol–water partition coefficient (Wildman–Crippen LogP) is 31.9. The highest BCUT2D eigenvalue weighted by Crippen LogP contribution is 2.57. The topological polar surface area (TPSA) is 161 Å². The summed E-state index contributed by atoms with van der Waals surface area (Å²) in [7, 11) is 0. The van der Waals surface area contributed by atoms with Crippen LogP contribution in [0.3, 0.4) is 0 Å². The van der Waals surface area contributed by atoms with Gasteiger partial charge < -0.3 is 68.1 Å². The van der Waals surface area contributed by atoms with E-state index in [1.54, 1.807) is 24.3 Å². The number of hydrogen-bond donors (Lipinski definition) is 4. The maximum Gasteiger partial charge on any atom is 0.139 e. The van der Waals surface area contributed by atoms with Crippen molar-refractivity contribution in [2.75, 3.05) is 62.7 Å². The first-order chi connectivity index (χ1) is 64.7. The van der Waals surface area contributed by atoms with Gasteiger partial charge in [0, 0.05) is 56.9 Å². The summed E-state index contributed by atoms with van der Waals surface area (Å²) in [4.78, 5) is 4.32. The standard InChI is InChI=1S/C120H126N2O12/c1-75(2)67-127-105-41-29-42-106(128-68-76(3)4)113(105)87-49-57-99(95(61-87)83-33-21-17-22-34-83)121(100-58-50-88(62-96(100)84-35-23-18-24-36-84)114-107(129-69-77(5)6)43-30-44-108(114)130-70-78(7)8)91-53-55-93(103(123)65-91)117-119(125)118(120(117)126)94-56-54-92(66-104(94)124)122(101-59-51-89(63-97(101)85-37-25-19-26-38-85)115-109(131-71-79(9)10)45-31-46-110(115)132-72-80(11)12)102-60-52-90(64-98(102)86-39-27-20-28-40-86)116-111(133-73-81(13)14)47-32-48-112(116)134-74-82(15)16/h17-66,75-82,123-126H,67-74H2,1-16H3. The van der Waals surface area contributed by atoms with Crippen LogP contribution in [0.15, 0.2) is 315 Å². The van der Waals surface area contributed by atoms with Crippen molar-refractivity contribution in [1.82, 2.24) is 0 Å². The molecule has 0 aromatic heterocycles. The number of aromatic hydroxyl groups is 2. The Morgan fingerprint density at radius 1 is 0.194 bits per heavy atom. The van der Waals surface area contributed by atoms with E-state index in [9.17, 15) is 20.4 Å². The van der Waals surface area contributed by atoms with Crippen LogP contribution in [-0.4, -0.2) is 73.3 Å². The van der Waals surface area contributed by atoms with Crippen LogP contribution in [0.2, 0.25) is 0 Å². The molecule has 1 aliphatic carbocycles. The van der Waals surface area contributed by atoms with Crippen molar-refractivity contribution in [3.8, 4) is 147 Å². The number of nitrogens with zero attached hydrogens (tertiary/aromatic N) is 2. The van der Waals surface area contributed by atoms with Gasteiger partial charge in [-0.2, -0.15) is 0 Å². The van der Waals surface area contributed by atoms with Crippen LogP contribution in [0, 0.1) is 47.3 Å². The number of rotatable bonds is 40. The van der Waals surface area contributed by atoms with Gasteiger partial charge in [0.25, 0.3) is 0 Å². The lowest BCUT2D eigenvalue weighted by atomic mass is 9.83.